The minimum Gasteiger partial charge on any atom is -0.241 e. The van der Waals surface area contributed by atoms with Crippen LogP contribution in [0.5, 0.6) is 0 Å². The topological polar surface area (TPSA) is 25.8 Å². The monoisotopic (exact) mass is 242 g/mol. The zero-order valence-electron chi connectivity index (χ0n) is 8.13. The van der Waals surface area contributed by atoms with Crippen LogP contribution in [0.3, 0.4) is 0 Å². The average molecular weight is 243 g/mol. The molecule has 0 fully saturated rings. The van der Waals surface area contributed by atoms with Gasteiger partial charge in [0.1, 0.15) is 6.33 Å². The van der Waals surface area contributed by atoms with E-state index in [0.29, 0.717) is 4.83 Å². The van der Waals surface area contributed by atoms with E-state index in [2.05, 4.69) is 45.8 Å². The first-order valence-corrected chi connectivity index (χ1v) is 5.57. The number of halogens is 1. The molecule has 1 aromatic heterocycles. The highest BCUT2D eigenvalue weighted by molar-refractivity contribution is 9.09. The van der Waals surface area contributed by atoms with Crippen molar-refractivity contribution in [2.45, 2.75) is 37.9 Å². The SMILES string of the molecule is CCCc1cc(CC(C)Br)ncn1. The molecule has 72 valence electrons. The van der Waals surface area contributed by atoms with E-state index in [9.17, 15) is 0 Å². The lowest BCUT2D eigenvalue weighted by atomic mass is 10.2. The Morgan fingerprint density at radius 3 is 2.69 bits per heavy atom. The first kappa shape index (κ1) is 10.6. The molecule has 3 heteroatoms. The van der Waals surface area contributed by atoms with Gasteiger partial charge < -0.3 is 0 Å². The summed E-state index contributed by atoms with van der Waals surface area (Å²) < 4.78 is 0. The van der Waals surface area contributed by atoms with Crippen molar-refractivity contribution in [2.75, 3.05) is 0 Å². The lowest BCUT2D eigenvalue weighted by Gasteiger charge is -2.03. The lowest BCUT2D eigenvalue weighted by molar-refractivity contribution is 0.839. The number of aromatic nitrogens is 2. The first-order chi connectivity index (χ1) is 6.22. The summed E-state index contributed by atoms with van der Waals surface area (Å²) in [5.41, 5.74) is 2.28. The van der Waals surface area contributed by atoms with Gasteiger partial charge in [-0.3, -0.25) is 0 Å². The molecule has 1 rings (SSSR count). The Morgan fingerprint density at radius 1 is 1.38 bits per heavy atom. The molecule has 0 saturated carbocycles. The van der Waals surface area contributed by atoms with Crippen LogP contribution in [-0.2, 0) is 12.8 Å². The van der Waals surface area contributed by atoms with Gasteiger partial charge in [0.15, 0.2) is 0 Å². The van der Waals surface area contributed by atoms with Crippen LogP contribution in [0.15, 0.2) is 12.4 Å². The lowest BCUT2D eigenvalue weighted by Crippen LogP contribution is -2.01. The van der Waals surface area contributed by atoms with Crippen LogP contribution < -0.4 is 0 Å². The molecule has 0 aliphatic carbocycles. The van der Waals surface area contributed by atoms with Gasteiger partial charge in [0, 0.05) is 22.6 Å². The third-order valence-electron chi connectivity index (χ3n) is 1.78. The molecular weight excluding hydrogens is 228 g/mol. The van der Waals surface area contributed by atoms with Crippen LogP contribution in [0, 0.1) is 0 Å². The molecule has 0 amide bonds. The maximum Gasteiger partial charge on any atom is 0.115 e. The molecule has 2 nitrogen and oxygen atoms in total. The van der Waals surface area contributed by atoms with Crippen molar-refractivity contribution in [1.29, 1.82) is 0 Å². The van der Waals surface area contributed by atoms with Gasteiger partial charge in [0.2, 0.25) is 0 Å². The molecule has 0 bridgehead atoms. The summed E-state index contributed by atoms with van der Waals surface area (Å²) in [4.78, 5) is 8.91. The number of hydrogen-bond donors (Lipinski definition) is 0. The number of nitrogens with zero attached hydrogens (tertiary/aromatic N) is 2. The van der Waals surface area contributed by atoms with Gasteiger partial charge in [0.05, 0.1) is 0 Å². The largest absolute Gasteiger partial charge is 0.241 e. The van der Waals surface area contributed by atoms with Crippen molar-refractivity contribution in [3.63, 3.8) is 0 Å². The molecule has 0 aliphatic heterocycles. The summed E-state index contributed by atoms with van der Waals surface area (Å²) in [6.07, 6.45) is 4.82. The van der Waals surface area contributed by atoms with Gasteiger partial charge >= 0.3 is 0 Å². The van der Waals surface area contributed by atoms with Crippen molar-refractivity contribution in [1.82, 2.24) is 9.97 Å². The van der Waals surface area contributed by atoms with Crippen LogP contribution in [0.25, 0.3) is 0 Å². The summed E-state index contributed by atoms with van der Waals surface area (Å²) in [6, 6.07) is 2.10. The summed E-state index contributed by atoms with van der Waals surface area (Å²) in [5.74, 6) is 0. The summed E-state index contributed by atoms with van der Waals surface area (Å²) in [7, 11) is 0. The van der Waals surface area contributed by atoms with Gasteiger partial charge in [-0.2, -0.15) is 0 Å². The smallest absolute Gasteiger partial charge is 0.115 e. The van der Waals surface area contributed by atoms with E-state index < -0.39 is 0 Å². The molecule has 0 aliphatic rings. The van der Waals surface area contributed by atoms with Gasteiger partial charge in [-0.05, 0) is 12.5 Å². The van der Waals surface area contributed by atoms with E-state index in [1.807, 2.05) is 0 Å². The fourth-order valence-corrected chi connectivity index (χ4v) is 1.57. The van der Waals surface area contributed by atoms with Crippen LogP contribution in [-0.4, -0.2) is 14.8 Å². The van der Waals surface area contributed by atoms with E-state index >= 15 is 0 Å². The second kappa shape index (κ2) is 5.32. The zero-order chi connectivity index (χ0) is 9.68. The molecule has 13 heavy (non-hydrogen) atoms. The van der Waals surface area contributed by atoms with Crippen molar-refractivity contribution in [3.05, 3.63) is 23.8 Å². The standard InChI is InChI=1S/C10H15BrN2/c1-3-4-9-6-10(5-8(2)11)13-7-12-9/h6-8H,3-5H2,1-2H3. The molecule has 0 saturated heterocycles. The van der Waals surface area contributed by atoms with Crippen LogP contribution in [0.1, 0.15) is 31.7 Å². The van der Waals surface area contributed by atoms with E-state index in [-0.39, 0.29) is 0 Å². The van der Waals surface area contributed by atoms with Crippen molar-refractivity contribution in [2.24, 2.45) is 0 Å². The van der Waals surface area contributed by atoms with Crippen LogP contribution in [0.2, 0.25) is 0 Å². The second-order valence-corrected chi connectivity index (χ2v) is 4.80. The predicted molar refractivity (Wildman–Crippen MR) is 58.1 cm³/mol. The highest BCUT2D eigenvalue weighted by atomic mass is 79.9. The molecule has 0 spiro atoms. The maximum atomic E-state index is 4.22. The molecule has 1 aromatic rings. The van der Waals surface area contributed by atoms with E-state index in [1.165, 1.54) is 0 Å². The Hall–Kier alpha value is -0.440. The normalized spacial score (nSPS) is 12.8. The molecule has 0 radical (unpaired) electrons. The van der Waals surface area contributed by atoms with E-state index in [4.69, 9.17) is 0 Å². The molecule has 0 N–H and O–H groups in total. The average Bonchev–Trinajstić information content (AvgIpc) is 2.04. The van der Waals surface area contributed by atoms with Crippen LogP contribution >= 0.6 is 15.9 Å². The quantitative estimate of drug-likeness (QED) is 0.760. The van der Waals surface area contributed by atoms with Crippen molar-refractivity contribution < 1.29 is 0 Å². The Balaban J connectivity index is 2.67. The maximum absolute atomic E-state index is 4.22. The summed E-state index contributed by atoms with van der Waals surface area (Å²) >= 11 is 3.51. The van der Waals surface area contributed by atoms with Crippen molar-refractivity contribution >= 4 is 15.9 Å². The molecular formula is C10H15BrN2. The Kier molecular flexibility index (Phi) is 4.36. The minimum atomic E-state index is 0.483. The predicted octanol–water partition coefficient (Wildman–Crippen LogP) is 2.76. The fraction of sp³-hybridized carbons (Fsp3) is 0.600. The number of hydrogen-bond acceptors (Lipinski definition) is 2. The Labute approximate surface area is 87.9 Å². The second-order valence-electron chi connectivity index (χ2n) is 3.24. The zero-order valence-corrected chi connectivity index (χ0v) is 9.71. The third-order valence-corrected chi connectivity index (χ3v) is 2.10. The molecule has 1 unspecified atom stereocenters. The van der Waals surface area contributed by atoms with Gasteiger partial charge in [-0.25, -0.2) is 9.97 Å². The Morgan fingerprint density at radius 2 is 2.08 bits per heavy atom. The van der Waals surface area contributed by atoms with Gasteiger partial charge in [-0.15, -0.1) is 0 Å². The highest BCUT2D eigenvalue weighted by Gasteiger charge is 2.01. The minimum absolute atomic E-state index is 0.483. The van der Waals surface area contributed by atoms with Gasteiger partial charge in [0.25, 0.3) is 0 Å². The van der Waals surface area contributed by atoms with E-state index in [0.717, 1.165) is 30.7 Å². The first-order valence-electron chi connectivity index (χ1n) is 4.66. The summed E-state index contributed by atoms with van der Waals surface area (Å²) in [5, 5.41) is 0. The third kappa shape index (κ3) is 3.85. The van der Waals surface area contributed by atoms with Gasteiger partial charge in [-0.1, -0.05) is 36.2 Å². The van der Waals surface area contributed by atoms with Crippen LogP contribution in [0.4, 0.5) is 0 Å². The number of rotatable bonds is 4. The molecule has 1 atom stereocenters. The molecule has 0 aromatic carbocycles. The number of alkyl halides is 1. The number of aryl methyl sites for hydroxylation is 1. The summed E-state index contributed by atoms with van der Waals surface area (Å²) in [6.45, 7) is 4.29. The van der Waals surface area contributed by atoms with Crippen molar-refractivity contribution in [3.8, 4) is 0 Å². The highest BCUT2D eigenvalue weighted by Crippen LogP contribution is 2.08. The van der Waals surface area contributed by atoms with E-state index in [1.54, 1.807) is 6.33 Å². The Bertz CT molecular complexity index is 261. The molecule has 1 heterocycles. The fourth-order valence-electron chi connectivity index (χ4n) is 1.24.